The van der Waals surface area contributed by atoms with Gasteiger partial charge in [0.2, 0.25) is 5.91 Å². The SMILES string of the molecule is CC(=O)NC(CS)C(=O)O.O=C(O)c1ccccc1O. The fraction of sp³-hybridized carbons (Fsp3) is 0.250. The van der Waals surface area contributed by atoms with Crippen molar-refractivity contribution >= 4 is 30.5 Å². The standard InChI is InChI=1S/C7H6O3.C5H9NO3S/c8-6-4-2-1-3-5(6)7(9)10;1-3(7)6-4(2-10)5(8)9/h1-4,8H,(H,9,10);4,10H,2H2,1H3,(H,6,7)(H,8,9). The Bertz CT molecular complexity index is 491. The van der Waals surface area contributed by atoms with Crippen LogP contribution in [0.15, 0.2) is 24.3 Å². The smallest absolute Gasteiger partial charge is 0.339 e. The summed E-state index contributed by atoms with van der Waals surface area (Å²) in [5.41, 5.74) is -0.0671. The third-order valence-corrected chi connectivity index (χ3v) is 2.36. The zero-order valence-electron chi connectivity index (χ0n) is 10.6. The third-order valence-electron chi connectivity index (χ3n) is 1.99. The molecule has 0 aliphatic rings. The number of carbonyl (C=O) groups excluding carboxylic acids is 1. The van der Waals surface area contributed by atoms with Crippen molar-refractivity contribution in [2.75, 3.05) is 5.75 Å². The Labute approximate surface area is 120 Å². The first-order valence-corrected chi connectivity index (χ1v) is 6.04. The Balaban J connectivity index is 0.000000361. The second-order valence-electron chi connectivity index (χ2n) is 3.60. The highest BCUT2D eigenvalue weighted by Gasteiger charge is 2.15. The van der Waals surface area contributed by atoms with Crippen LogP contribution in [0.3, 0.4) is 0 Å². The maximum Gasteiger partial charge on any atom is 0.339 e. The Morgan fingerprint density at radius 3 is 2.05 bits per heavy atom. The molecule has 0 saturated carbocycles. The van der Waals surface area contributed by atoms with Crippen LogP contribution in [0.5, 0.6) is 5.75 Å². The van der Waals surface area contributed by atoms with Crippen LogP contribution in [-0.2, 0) is 9.59 Å². The molecule has 0 bridgehead atoms. The summed E-state index contributed by atoms with van der Waals surface area (Å²) in [7, 11) is 0. The van der Waals surface area contributed by atoms with E-state index in [1.807, 2.05) is 0 Å². The number of nitrogens with one attached hydrogen (secondary N) is 1. The quantitative estimate of drug-likeness (QED) is 0.519. The number of benzene rings is 1. The van der Waals surface area contributed by atoms with Crippen LogP contribution in [0, 0.1) is 0 Å². The predicted octanol–water partition coefficient (Wildman–Crippen LogP) is 0.596. The van der Waals surface area contributed by atoms with Gasteiger partial charge in [-0.1, -0.05) is 12.1 Å². The fourth-order valence-corrected chi connectivity index (χ4v) is 1.33. The summed E-state index contributed by atoms with van der Waals surface area (Å²) in [4.78, 5) is 30.8. The summed E-state index contributed by atoms with van der Waals surface area (Å²) < 4.78 is 0. The highest BCUT2D eigenvalue weighted by atomic mass is 32.1. The van der Waals surface area contributed by atoms with E-state index in [0.717, 1.165) is 0 Å². The highest BCUT2D eigenvalue weighted by molar-refractivity contribution is 7.80. The Hall–Kier alpha value is -2.22. The summed E-state index contributed by atoms with van der Waals surface area (Å²) in [5, 5.41) is 27.9. The Kier molecular flexibility index (Phi) is 7.83. The lowest BCUT2D eigenvalue weighted by Gasteiger charge is -2.08. The highest BCUT2D eigenvalue weighted by Crippen LogP contribution is 2.14. The van der Waals surface area contributed by atoms with E-state index in [1.165, 1.54) is 19.1 Å². The zero-order valence-corrected chi connectivity index (χ0v) is 11.5. The number of hydrogen-bond acceptors (Lipinski definition) is 5. The molecule has 0 saturated heterocycles. The minimum atomic E-state index is -1.11. The topological polar surface area (TPSA) is 124 Å². The lowest BCUT2D eigenvalue weighted by atomic mass is 10.2. The number of carbonyl (C=O) groups is 3. The molecule has 110 valence electrons. The van der Waals surface area contributed by atoms with Crippen molar-refractivity contribution in [1.29, 1.82) is 0 Å². The van der Waals surface area contributed by atoms with Gasteiger partial charge in [-0.2, -0.15) is 12.6 Å². The van der Waals surface area contributed by atoms with Crippen LogP contribution in [0.1, 0.15) is 17.3 Å². The molecular formula is C12H15NO6S. The normalized spacial score (nSPS) is 10.7. The van der Waals surface area contributed by atoms with Gasteiger partial charge in [0.25, 0.3) is 0 Å². The number of amides is 1. The average molecular weight is 301 g/mol. The molecule has 1 rings (SSSR count). The minimum Gasteiger partial charge on any atom is -0.507 e. The van der Waals surface area contributed by atoms with Gasteiger partial charge in [0.1, 0.15) is 17.4 Å². The molecular weight excluding hydrogens is 286 g/mol. The number of aromatic carboxylic acids is 1. The van der Waals surface area contributed by atoms with E-state index in [0.29, 0.717) is 0 Å². The monoisotopic (exact) mass is 301 g/mol. The molecule has 20 heavy (non-hydrogen) atoms. The molecule has 0 aliphatic carbocycles. The number of aromatic hydroxyl groups is 1. The molecule has 0 fully saturated rings. The summed E-state index contributed by atoms with van der Waals surface area (Å²) in [5.74, 6) is -2.63. The molecule has 0 radical (unpaired) electrons. The van der Waals surface area contributed by atoms with Gasteiger partial charge in [0, 0.05) is 12.7 Å². The van der Waals surface area contributed by atoms with Gasteiger partial charge in [-0.05, 0) is 12.1 Å². The summed E-state index contributed by atoms with van der Waals surface area (Å²) >= 11 is 3.73. The fourth-order valence-electron chi connectivity index (χ4n) is 1.09. The number of carboxylic acid groups (broad SMARTS) is 2. The molecule has 7 nitrogen and oxygen atoms in total. The summed E-state index contributed by atoms with van der Waals surface area (Å²) in [6.07, 6.45) is 0. The average Bonchev–Trinajstić information content (AvgIpc) is 2.36. The third kappa shape index (κ3) is 6.64. The molecule has 1 unspecified atom stereocenters. The van der Waals surface area contributed by atoms with Gasteiger partial charge in [-0.15, -0.1) is 0 Å². The van der Waals surface area contributed by atoms with Crippen LogP contribution in [0.4, 0.5) is 0 Å². The van der Waals surface area contributed by atoms with Crippen molar-refractivity contribution in [3.05, 3.63) is 29.8 Å². The van der Waals surface area contributed by atoms with E-state index < -0.39 is 18.0 Å². The van der Waals surface area contributed by atoms with Crippen molar-refractivity contribution in [1.82, 2.24) is 5.32 Å². The first-order valence-electron chi connectivity index (χ1n) is 5.41. The van der Waals surface area contributed by atoms with Gasteiger partial charge < -0.3 is 20.6 Å². The lowest BCUT2D eigenvalue weighted by Crippen LogP contribution is -2.40. The first-order chi connectivity index (χ1) is 9.29. The number of carboxylic acids is 2. The Morgan fingerprint density at radius 2 is 1.80 bits per heavy atom. The van der Waals surface area contributed by atoms with Crippen molar-refractivity contribution in [2.24, 2.45) is 0 Å². The maximum atomic E-state index is 10.3. The molecule has 1 atom stereocenters. The molecule has 0 aromatic heterocycles. The molecule has 1 aromatic carbocycles. The molecule has 1 aromatic rings. The zero-order chi connectivity index (χ0) is 15.7. The molecule has 0 heterocycles. The summed E-state index contributed by atoms with van der Waals surface area (Å²) in [6, 6.07) is 4.94. The largest absolute Gasteiger partial charge is 0.507 e. The maximum absolute atomic E-state index is 10.3. The van der Waals surface area contributed by atoms with Crippen molar-refractivity contribution in [2.45, 2.75) is 13.0 Å². The molecule has 0 aliphatic heterocycles. The number of rotatable bonds is 4. The molecule has 8 heteroatoms. The predicted molar refractivity (Wildman–Crippen MR) is 74.2 cm³/mol. The number of aliphatic carboxylic acids is 1. The van der Waals surface area contributed by atoms with Crippen LogP contribution in [0.25, 0.3) is 0 Å². The van der Waals surface area contributed by atoms with Gasteiger partial charge in [-0.25, -0.2) is 9.59 Å². The van der Waals surface area contributed by atoms with E-state index in [9.17, 15) is 14.4 Å². The van der Waals surface area contributed by atoms with E-state index in [4.69, 9.17) is 15.3 Å². The van der Waals surface area contributed by atoms with Gasteiger partial charge in [-0.3, -0.25) is 4.79 Å². The number of phenols is 1. The van der Waals surface area contributed by atoms with Crippen LogP contribution in [0.2, 0.25) is 0 Å². The van der Waals surface area contributed by atoms with Gasteiger partial charge in [0.15, 0.2) is 0 Å². The molecule has 1 amide bonds. The molecule has 0 spiro atoms. The number of hydrogen-bond donors (Lipinski definition) is 5. The summed E-state index contributed by atoms with van der Waals surface area (Å²) in [6.45, 7) is 1.26. The van der Waals surface area contributed by atoms with E-state index in [1.54, 1.807) is 12.1 Å². The van der Waals surface area contributed by atoms with E-state index in [-0.39, 0.29) is 23.0 Å². The number of thiol groups is 1. The first kappa shape index (κ1) is 17.8. The van der Waals surface area contributed by atoms with Crippen molar-refractivity contribution < 1.29 is 29.7 Å². The van der Waals surface area contributed by atoms with Crippen LogP contribution < -0.4 is 5.32 Å². The second kappa shape index (κ2) is 8.81. The van der Waals surface area contributed by atoms with Gasteiger partial charge >= 0.3 is 11.9 Å². The number of para-hydroxylation sites is 1. The van der Waals surface area contributed by atoms with E-state index >= 15 is 0 Å². The van der Waals surface area contributed by atoms with Crippen molar-refractivity contribution in [3.8, 4) is 5.75 Å². The van der Waals surface area contributed by atoms with Crippen LogP contribution >= 0.6 is 12.6 Å². The van der Waals surface area contributed by atoms with Crippen LogP contribution in [-0.4, -0.2) is 45.0 Å². The second-order valence-corrected chi connectivity index (χ2v) is 3.96. The molecule has 4 N–H and O–H groups in total. The Morgan fingerprint density at radius 1 is 1.25 bits per heavy atom. The minimum absolute atomic E-state index is 0.0671. The lowest BCUT2D eigenvalue weighted by molar-refractivity contribution is -0.140. The van der Waals surface area contributed by atoms with E-state index in [2.05, 4.69) is 17.9 Å². The van der Waals surface area contributed by atoms with Gasteiger partial charge in [0.05, 0.1) is 0 Å². The van der Waals surface area contributed by atoms with Crippen molar-refractivity contribution in [3.63, 3.8) is 0 Å².